The van der Waals surface area contributed by atoms with Crippen molar-refractivity contribution in [1.29, 1.82) is 0 Å². The number of benzene rings is 3. The third-order valence-corrected chi connectivity index (χ3v) is 6.75. The molecule has 0 aliphatic carbocycles. The van der Waals surface area contributed by atoms with Crippen molar-refractivity contribution >= 4 is 17.1 Å². The van der Waals surface area contributed by atoms with Crippen LogP contribution in [0.3, 0.4) is 0 Å². The van der Waals surface area contributed by atoms with Crippen molar-refractivity contribution in [1.82, 2.24) is 10.1 Å². The number of carbonyl (C=O) groups is 1. The van der Waals surface area contributed by atoms with Crippen LogP contribution < -0.4 is 11.5 Å². The first-order valence-electron chi connectivity index (χ1n) is 12.6. The monoisotopic (exact) mass is 528 g/mol. The number of aromatic nitrogens is 2. The lowest BCUT2D eigenvalue weighted by Crippen LogP contribution is -2.32. The van der Waals surface area contributed by atoms with E-state index in [0.717, 1.165) is 16.7 Å². The van der Waals surface area contributed by atoms with Crippen LogP contribution in [0.5, 0.6) is 0 Å². The minimum absolute atomic E-state index is 0.0369. The molecule has 2 heterocycles. The molecule has 0 fully saturated rings. The number of Topliss-reactive ketones (excluding diaryl/α,β-unsaturated/α-hetero) is 1. The van der Waals surface area contributed by atoms with Gasteiger partial charge in [-0.05, 0) is 53.6 Å². The van der Waals surface area contributed by atoms with Crippen LogP contribution in [-0.2, 0) is 11.2 Å². The molecule has 0 radical (unpaired) electrons. The molecule has 9 heteroatoms. The van der Waals surface area contributed by atoms with Crippen LogP contribution in [0.15, 0.2) is 92.8 Å². The predicted octanol–water partition coefficient (Wildman–Crippen LogP) is 5.14. The molecular weight excluding hydrogens is 502 g/mol. The van der Waals surface area contributed by atoms with Gasteiger partial charge in [0.1, 0.15) is 5.82 Å². The average Bonchev–Trinajstić information content (AvgIpc) is 3.40. The quantitative estimate of drug-likeness (QED) is 0.312. The number of nitrogens with zero attached hydrogens (tertiary/aromatic N) is 2. The smallest absolute Gasteiger partial charge is 0.325 e. The molecule has 4 aromatic rings. The van der Waals surface area contributed by atoms with Crippen LogP contribution in [0.1, 0.15) is 24.0 Å². The van der Waals surface area contributed by atoms with Crippen LogP contribution in [0.4, 0.5) is 8.78 Å². The van der Waals surface area contributed by atoms with Gasteiger partial charge in [0, 0.05) is 23.4 Å². The Morgan fingerprint density at radius 3 is 2.26 bits per heavy atom. The zero-order chi connectivity index (χ0) is 27.4. The third-order valence-electron chi connectivity index (χ3n) is 6.75. The predicted molar refractivity (Wildman–Crippen MR) is 145 cm³/mol. The zero-order valence-electron chi connectivity index (χ0n) is 21.0. The van der Waals surface area contributed by atoms with Gasteiger partial charge in [0.25, 0.3) is 0 Å². The van der Waals surface area contributed by atoms with Gasteiger partial charge in [0.15, 0.2) is 11.6 Å². The molecule has 39 heavy (non-hydrogen) atoms. The molecule has 0 saturated heterocycles. The Labute approximate surface area is 223 Å². The van der Waals surface area contributed by atoms with E-state index in [0.29, 0.717) is 46.8 Å². The van der Waals surface area contributed by atoms with Gasteiger partial charge in [-0.15, -0.1) is 0 Å². The second-order valence-corrected chi connectivity index (χ2v) is 9.24. The summed E-state index contributed by atoms with van der Waals surface area (Å²) in [6.07, 6.45) is 0.964. The van der Waals surface area contributed by atoms with Gasteiger partial charge in [0.05, 0.1) is 18.3 Å². The lowest BCUT2D eigenvalue weighted by molar-refractivity contribution is -0.115. The van der Waals surface area contributed by atoms with Crippen LogP contribution in [-0.4, -0.2) is 34.9 Å². The van der Waals surface area contributed by atoms with Gasteiger partial charge in [-0.25, -0.2) is 9.18 Å². The van der Waals surface area contributed by atoms with Crippen molar-refractivity contribution in [3.8, 4) is 22.5 Å². The number of carbonyl (C=O) groups excluding carboxylic acids is 1. The fourth-order valence-electron chi connectivity index (χ4n) is 4.88. The van der Waals surface area contributed by atoms with E-state index in [-0.39, 0.29) is 18.7 Å². The first kappa shape index (κ1) is 26.1. The zero-order valence-corrected chi connectivity index (χ0v) is 21.0. The molecule has 0 saturated carbocycles. The van der Waals surface area contributed by atoms with E-state index >= 15 is 0 Å². The molecule has 0 bridgehead atoms. The molecule has 198 valence electrons. The number of ketones is 1. The van der Waals surface area contributed by atoms with Crippen LogP contribution >= 0.6 is 0 Å². The summed E-state index contributed by atoms with van der Waals surface area (Å²) >= 11 is 0. The van der Waals surface area contributed by atoms with Crippen molar-refractivity contribution in [2.75, 3.05) is 13.2 Å². The second-order valence-electron chi connectivity index (χ2n) is 9.24. The van der Waals surface area contributed by atoms with E-state index < -0.39 is 24.2 Å². The maximum absolute atomic E-state index is 13.8. The lowest BCUT2D eigenvalue weighted by atomic mass is 9.80. The Hall–Kier alpha value is -4.50. The molecule has 1 unspecified atom stereocenters. The van der Waals surface area contributed by atoms with Crippen molar-refractivity contribution in [2.24, 2.45) is 16.6 Å². The molecule has 1 aliphatic rings. The number of nitrogens with one attached hydrogen (secondary N) is 1. The number of rotatable bonds is 9. The van der Waals surface area contributed by atoms with Gasteiger partial charge in [0.2, 0.25) is 0 Å². The Balaban J connectivity index is 1.46. The molecule has 5 rings (SSSR count). The second kappa shape index (κ2) is 11.5. The van der Waals surface area contributed by atoms with Gasteiger partial charge < -0.3 is 5.73 Å². The SMILES string of the molecule is NCC1=C(c2ccc(F)cc2)C(=O)C(Cc2ccc(-c3ccccc3-c3noc(=O)[nH]3)cc2)C(CCCF)=N1. The largest absolute Gasteiger partial charge is 0.439 e. The summed E-state index contributed by atoms with van der Waals surface area (Å²) in [6, 6.07) is 20.9. The Kier molecular flexibility index (Phi) is 7.69. The van der Waals surface area contributed by atoms with Gasteiger partial charge in [-0.2, -0.15) is 0 Å². The van der Waals surface area contributed by atoms with E-state index in [1.807, 2.05) is 48.5 Å². The Morgan fingerprint density at radius 2 is 1.62 bits per heavy atom. The van der Waals surface area contributed by atoms with Crippen molar-refractivity contribution in [3.63, 3.8) is 0 Å². The van der Waals surface area contributed by atoms with Crippen LogP contribution in [0, 0.1) is 11.7 Å². The molecule has 7 nitrogen and oxygen atoms in total. The van der Waals surface area contributed by atoms with Gasteiger partial charge in [-0.1, -0.05) is 65.8 Å². The molecule has 0 spiro atoms. The number of alkyl halides is 1. The number of hydrogen-bond acceptors (Lipinski definition) is 6. The summed E-state index contributed by atoms with van der Waals surface area (Å²) in [6.45, 7) is -0.480. The molecule has 1 aromatic heterocycles. The molecule has 0 amide bonds. The number of aromatic amines is 1. The average molecular weight is 529 g/mol. The summed E-state index contributed by atoms with van der Waals surface area (Å²) in [5, 5.41) is 3.80. The summed E-state index contributed by atoms with van der Waals surface area (Å²) in [5.74, 6) is -1.46. The van der Waals surface area contributed by atoms with E-state index in [9.17, 15) is 18.4 Å². The van der Waals surface area contributed by atoms with E-state index in [1.165, 1.54) is 12.1 Å². The van der Waals surface area contributed by atoms with E-state index in [1.54, 1.807) is 12.1 Å². The summed E-state index contributed by atoms with van der Waals surface area (Å²) in [4.78, 5) is 32.6. The third kappa shape index (κ3) is 5.53. The van der Waals surface area contributed by atoms with E-state index in [2.05, 4.69) is 14.7 Å². The van der Waals surface area contributed by atoms with Crippen molar-refractivity contribution < 1.29 is 18.1 Å². The van der Waals surface area contributed by atoms with Gasteiger partial charge in [-0.3, -0.25) is 23.7 Å². The standard InChI is InChI=1S/C30H26F2N4O3/c31-15-3-6-25-24(28(37)27(26(17-33)34-25)20-11-13-21(32)14-12-20)16-18-7-9-19(10-8-18)22-4-1-2-5-23(22)29-35-30(38)39-36-29/h1-2,4-5,7-14,24H,3,6,15-17,33H2,(H,35,36,38). The molecule has 1 aliphatic heterocycles. The lowest BCUT2D eigenvalue weighted by Gasteiger charge is -2.26. The molecule has 3 N–H and O–H groups in total. The normalized spacial score (nSPS) is 15.5. The minimum Gasteiger partial charge on any atom is -0.325 e. The fourth-order valence-corrected chi connectivity index (χ4v) is 4.88. The summed E-state index contributed by atoms with van der Waals surface area (Å²) < 4.78 is 31.3. The Morgan fingerprint density at radius 1 is 0.923 bits per heavy atom. The maximum atomic E-state index is 13.8. The van der Waals surface area contributed by atoms with Crippen LogP contribution in [0.25, 0.3) is 28.1 Å². The topological polar surface area (TPSA) is 114 Å². The first-order valence-corrected chi connectivity index (χ1v) is 12.6. The number of hydrogen-bond donors (Lipinski definition) is 2. The van der Waals surface area contributed by atoms with Crippen LogP contribution in [0.2, 0.25) is 0 Å². The highest BCUT2D eigenvalue weighted by atomic mass is 19.1. The highest BCUT2D eigenvalue weighted by molar-refractivity contribution is 6.30. The Bertz CT molecular complexity index is 1600. The highest BCUT2D eigenvalue weighted by Crippen LogP contribution is 2.34. The number of halogens is 2. The first-order chi connectivity index (χ1) is 19.0. The van der Waals surface area contributed by atoms with Crippen molar-refractivity contribution in [3.05, 3.63) is 106 Å². The number of nitrogens with two attached hydrogens (primary N) is 1. The highest BCUT2D eigenvalue weighted by Gasteiger charge is 2.33. The van der Waals surface area contributed by atoms with Crippen molar-refractivity contribution in [2.45, 2.75) is 19.3 Å². The summed E-state index contributed by atoms with van der Waals surface area (Å²) in [5.41, 5.74) is 11.2. The summed E-state index contributed by atoms with van der Waals surface area (Å²) in [7, 11) is 0. The molecular formula is C30H26F2N4O3. The molecule has 1 atom stereocenters. The minimum atomic E-state index is -0.635. The van der Waals surface area contributed by atoms with Gasteiger partial charge >= 0.3 is 5.76 Å². The maximum Gasteiger partial charge on any atom is 0.439 e. The van der Waals surface area contributed by atoms with E-state index in [4.69, 9.17) is 10.7 Å². The number of allylic oxidation sites excluding steroid dienone is 1. The fraction of sp³-hybridized carbons (Fsp3) is 0.200. The number of aliphatic imine (C=N–C) groups is 1. The number of H-pyrrole nitrogens is 1. The molecule has 3 aromatic carbocycles.